The Hall–Kier alpha value is -4.01. The fraction of sp³-hybridized carbons (Fsp3) is 0.346. The second-order valence-corrected chi connectivity index (χ2v) is 7.81. The summed E-state index contributed by atoms with van der Waals surface area (Å²) in [6, 6.07) is 12.6. The second kappa shape index (κ2) is 14.3. The van der Waals surface area contributed by atoms with Crippen LogP contribution in [-0.2, 0) is 23.9 Å². The Morgan fingerprint density at radius 2 is 1.29 bits per heavy atom. The summed E-state index contributed by atoms with van der Waals surface area (Å²) in [7, 11) is 0. The number of Topliss-reactive ketones (excluding diaryl/α,β-unsaturated/α-hetero) is 1. The number of anilines is 2. The normalized spacial score (nSPS) is 10.2. The molecule has 2 N–H and O–H groups in total. The first-order valence-electron chi connectivity index (χ1n) is 11.4. The molecule has 0 aliphatic carbocycles. The van der Waals surface area contributed by atoms with Gasteiger partial charge in [-0.3, -0.25) is 19.2 Å². The predicted octanol–water partition coefficient (Wildman–Crippen LogP) is 4.14. The van der Waals surface area contributed by atoms with Gasteiger partial charge in [0.05, 0.1) is 18.6 Å². The third-order valence-corrected chi connectivity index (χ3v) is 4.88. The molecule has 9 heteroatoms. The summed E-state index contributed by atoms with van der Waals surface area (Å²) in [5.74, 6) is -2.15. The number of hydrogen-bond acceptors (Lipinski definition) is 7. The van der Waals surface area contributed by atoms with Crippen LogP contribution in [-0.4, -0.2) is 42.7 Å². The van der Waals surface area contributed by atoms with Crippen LogP contribution in [0.15, 0.2) is 48.5 Å². The molecule has 0 saturated carbocycles. The highest BCUT2D eigenvalue weighted by atomic mass is 16.5. The van der Waals surface area contributed by atoms with Gasteiger partial charge in [-0.15, -0.1) is 0 Å². The number of ketones is 1. The van der Waals surface area contributed by atoms with E-state index in [0.29, 0.717) is 29.1 Å². The summed E-state index contributed by atoms with van der Waals surface area (Å²) >= 11 is 0. The summed E-state index contributed by atoms with van der Waals surface area (Å²) in [5, 5.41) is 5.18. The van der Waals surface area contributed by atoms with E-state index in [1.165, 1.54) is 6.92 Å². The van der Waals surface area contributed by atoms with Crippen molar-refractivity contribution in [2.45, 2.75) is 46.0 Å². The van der Waals surface area contributed by atoms with Crippen molar-refractivity contribution in [1.82, 2.24) is 0 Å². The molecule has 0 unspecified atom stereocenters. The van der Waals surface area contributed by atoms with Gasteiger partial charge in [-0.25, -0.2) is 4.79 Å². The van der Waals surface area contributed by atoms with Gasteiger partial charge in [-0.1, -0.05) is 19.8 Å². The summed E-state index contributed by atoms with van der Waals surface area (Å²) in [4.78, 5) is 59.1. The Morgan fingerprint density at radius 1 is 0.714 bits per heavy atom. The third kappa shape index (κ3) is 10.2. The summed E-state index contributed by atoms with van der Waals surface area (Å²) in [6.45, 7) is 3.39. The number of rotatable bonds is 13. The van der Waals surface area contributed by atoms with Gasteiger partial charge in [0.25, 0.3) is 5.91 Å². The average molecular weight is 483 g/mol. The van der Waals surface area contributed by atoms with Crippen molar-refractivity contribution in [3.63, 3.8) is 0 Å². The van der Waals surface area contributed by atoms with Crippen LogP contribution in [0.2, 0.25) is 0 Å². The van der Waals surface area contributed by atoms with E-state index < -0.39 is 30.4 Å². The molecule has 0 aliphatic heterocycles. The number of carbonyl (C=O) groups is 5. The molecule has 2 aromatic rings. The molecule has 0 atom stereocenters. The van der Waals surface area contributed by atoms with Crippen molar-refractivity contribution in [2.75, 3.05) is 23.8 Å². The molecule has 2 aromatic carbocycles. The molecule has 0 spiro atoms. The van der Waals surface area contributed by atoms with E-state index in [2.05, 4.69) is 17.6 Å². The lowest BCUT2D eigenvalue weighted by Gasteiger charge is -2.08. The maximum Gasteiger partial charge on any atom is 0.338 e. The van der Waals surface area contributed by atoms with Gasteiger partial charge in [-0.05, 0) is 61.9 Å². The molecule has 9 nitrogen and oxygen atoms in total. The zero-order valence-electron chi connectivity index (χ0n) is 19.9. The molecule has 0 heterocycles. The first-order valence-corrected chi connectivity index (χ1v) is 11.4. The topological polar surface area (TPSA) is 128 Å². The van der Waals surface area contributed by atoms with Crippen LogP contribution < -0.4 is 10.6 Å². The van der Waals surface area contributed by atoms with Crippen molar-refractivity contribution in [3.8, 4) is 0 Å². The molecule has 186 valence electrons. The lowest BCUT2D eigenvalue weighted by Crippen LogP contribution is -2.21. The van der Waals surface area contributed by atoms with Crippen LogP contribution >= 0.6 is 0 Å². The minimum absolute atomic E-state index is 0.0873. The quantitative estimate of drug-likeness (QED) is 0.249. The third-order valence-electron chi connectivity index (χ3n) is 4.88. The van der Waals surface area contributed by atoms with Crippen molar-refractivity contribution in [3.05, 3.63) is 59.7 Å². The van der Waals surface area contributed by atoms with E-state index in [1.807, 2.05) is 0 Å². The Kier molecular flexibility index (Phi) is 11.1. The van der Waals surface area contributed by atoms with E-state index >= 15 is 0 Å². The highest BCUT2D eigenvalue weighted by Gasteiger charge is 2.12. The van der Waals surface area contributed by atoms with Gasteiger partial charge in [0.1, 0.15) is 0 Å². The van der Waals surface area contributed by atoms with Crippen LogP contribution in [0.25, 0.3) is 0 Å². The number of unbranched alkanes of at least 4 members (excludes halogenated alkanes) is 2. The van der Waals surface area contributed by atoms with Crippen molar-refractivity contribution >= 4 is 40.9 Å². The van der Waals surface area contributed by atoms with E-state index in [0.717, 1.165) is 19.3 Å². The van der Waals surface area contributed by atoms with E-state index in [9.17, 15) is 24.0 Å². The number of amides is 2. The zero-order chi connectivity index (χ0) is 25.6. The van der Waals surface area contributed by atoms with Crippen molar-refractivity contribution in [1.29, 1.82) is 0 Å². The van der Waals surface area contributed by atoms with Gasteiger partial charge in [0.15, 0.2) is 12.4 Å². The first kappa shape index (κ1) is 27.2. The summed E-state index contributed by atoms with van der Waals surface area (Å²) in [6.07, 6.45) is 2.52. The zero-order valence-corrected chi connectivity index (χ0v) is 19.9. The fourth-order valence-corrected chi connectivity index (χ4v) is 2.93. The Morgan fingerprint density at radius 3 is 1.86 bits per heavy atom. The van der Waals surface area contributed by atoms with E-state index in [4.69, 9.17) is 9.47 Å². The summed E-state index contributed by atoms with van der Waals surface area (Å²) < 4.78 is 10.1. The number of hydrogen-bond donors (Lipinski definition) is 2. The van der Waals surface area contributed by atoms with Crippen LogP contribution in [0.5, 0.6) is 0 Å². The maximum atomic E-state index is 12.1. The Bertz CT molecular complexity index is 1030. The van der Waals surface area contributed by atoms with E-state index in [1.54, 1.807) is 48.5 Å². The van der Waals surface area contributed by atoms with Gasteiger partial charge in [0, 0.05) is 23.4 Å². The molecule has 2 rings (SSSR count). The predicted molar refractivity (Wildman–Crippen MR) is 130 cm³/mol. The summed E-state index contributed by atoms with van der Waals surface area (Å²) in [5.41, 5.74) is 1.84. The molecule has 0 saturated heterocycles. The second-order valence-electron chi connectivity index (χ2n) is 7.81. The van der Waals surface area contributed by atoms with Gasteiger partial charge < -0.3 is 20.1 Å². The molecule has 35 heavy (non-hydrogen) atoms. The van der Waals surface area contributed by atoms with Gasteiger partial charge in [-0.2, -0.15) is 0 Å². The van der Waals surface area contributed by atoms with Crippen LogP contribution in [0, 0.1) is 0 Å². The molecular weight excluding hydrogens is 452 g/mol. The van der Waals surface area contributed by atoms with Crippen LogP contribution in [0.4, 0.5) is 11.4 Å². The van der Waals surface area contributed by atoms with Crippen LogP contribution in [0.1, 0.15) is 66.7 Å². The average Bonchev–Trinajstić information content (AvgIpc) is 2.84. The highest BCUT2D eigenvalue weighted by molar-refractivity contribution is 5.97. The molecular formula is C26H30N2O7. The molecule has 0 aromatic heterocycles. The van der Waals surface area contributed by atoms with E-state index in [-0.39, 0.29) is 18.6 Å². The minimum Gasteiger partial charge on any atom is -0.462 e. The lowest BCUT2D eigenvalue weighted by atomic mass is 10.1. The molecule has 0 fully saturated rings. The monoisotopic (exact) mass is 482 g/mol. The molecule has 2 amide bonds. The SMILES string of the molecule is CCCCCOC(=O)c1ccc(NC(=O)CCC(=O)OCC(=O)Nc2ccc(C(C)=O)cc2)cc1. The first-order chi connectivity index (χ1) is 16.8. The lowest BCUT2D eigenvalue weighted by molar-refractivity contribution is -0.147. The van der Waals surface area contributed by atoms with Crippen molar-refractivity contribution in [2.24, 2.45) is 0 Å². The standard InChI is InChI=1S/C26H30N2O7/c1-3-4-5-16-34-26(33)20-8-12-21(13-9-20)27-23(30)14-15-25(32)35-17-24(31)28-22-10-6-19(7-11-22)18(2)29/h6-13H,3-5,14-17H2,1-2H3,(H,27,30)(H,28,31). The number of esters is 2. The molecule has 0 aliphatic rings. The smallest absolute Gasteiger partial charge is 0.338 e. The number of ether oxygens (including phenoxy) is 2. The fourth-order valence-electron chi connectivity index (χ4n) is 2.93. The number of carbonyl (C=O) groups excluding carboxylic acids is 5. The van der Waals surface area contributed by atoms with Gasteiger partial charge in [0.2, 0.25) is 5.91 Å². The van der Waals surface area contributed by atoms with Gasteiger partial charge >= 0.3 is 11.9 Å². The minimum atomic E-state index is -0.691. The largest absolute Gasteiger partial charge is 0.462 e. The molecule has 0 radical (unpaired) electrons. The van der Waals surface area contributed by atoms with Crippen molar-refractivity contribution < 1.29 is 33.4 Å². The van der Waals surface area contributed by atoms with Crippen LogP contribution in [0.3, 0.4) is 0 Å². The Balaban J connectivity index is 1.67. The maximum absolute atomic E-state index is 12.1. The highest BCUT2D eigenvalue weighted by Crippen LogP contribution is 2.12. The molecule has 0 bridgehead atoms. The number of nitrogens with one attached hydrogen (secondary N) is 2. The Labute approximate surface area is 204 Å². The number of benzene rings is 2.